The number of hydrogen-bond acceptors (Lipinski definition) is 5. The largest absolute Gasteiger partial charge is 0.480 e. The molecule has 1 heterocycles. The third-order valence-corrected chi connectivity index (χ3v) is 6.22. The summed E-state index contributed by atoms with van der Waals surface area (Å²) in [6.45, 7) is 7.77. The zero-order chi connectivity index (χ0) is 23.7. The van der Waals surface area contributed by atoms with Crippen LogP contribution in [-0.2, 0) is 15.0 Å². The second kappa shape index (κ2) is 13.4. The molecule has 0 radical (unpaired) electrons. The number of rotatable bonds is 9. The number of benzene rings is 1. The van der Waals surface area contributed by atoms with Crippen LogP contribution in [0.25, 0.3) is 0 Å². The highest BCUT2D eigenvalue weighted by molar-refractivity contribution is 7.59. The van der Waals surface area contributed by atoms with Gasteiger partial charge in [0.1, 0.15) is 11.8 Å². The fourth-order valence-corrected chi connectivity index (χ4v) is 4.32. The van der Waals surface area contributed by atoms with Crippen LogP contribution in [0.4, 0.5) is 4.79 Å². The Morgan fingerprint density at radius 2 is 1.97 bits per heavy atom. The van der Waals surface area contributed by atoms with Gasteiger partial charge in [-0.15, -0.1) is 0 Å². The molecule has 1 saturated heterocycles. The molecular formula is C24H39N3O5S. The van der Waals surface area contributed by atoms with Crippen LogP contribution in [0, 0.1) is 5.92 Å². The predicted octanol–water partition coefficient (Wildman–Crippen LogP) is 3.27. The molecule has 33 heavy (non-hydrogen) atoms. The van der Waals surface area contributed by atoms with Crippen molar-refractivity contribution in [1.29, 1.82) is 0 Å². The van der Waals surface area contributed by atoms with Crippen molar-refractivity contribution in [2.45, 2.75) is 64.3 Å². The molecule has 0 saturated carbocycles. The molecule has 186 valence electrons. The highest BCUT2D eigenvalue weighted by Gasteiger charge is 2.33. The van der Waals surface area contributed by atoms with E-state index in [-0.39, 0.29) is 37.8 Å². The molecule has 0 aromatic heterocycles. The number of nitrogens with one attached hydrogen (secondary N) is 2. The van der Waals surface area contributed by atoms with Gasteiger partial charge >= 0.3 is 12.1 Å². The summed E-state index contributed by atoms with van der Waals surface area (Å²) >= 11 is 0. The van der Waals surface area contributed by atoms with E-state index >= 15 is 0 Å². The van der Waals surface area contributed by atoms with Crippen LogP contribution in [-0.4, -0.2) is 60.7 Å². The maximum absolute atomic E-state index is 12.2. The van der Waals surface area contributed by atoms with Crippen molar-refractivity contribution in [3.05, 3.63) is 29.8 Å². The Labute approximate surface area is 203 Å². The van der Waals surface area contributed by atoms with Gasteiger partial charge in [0.05, 0.1) is 0 Å². The lowest BCUT2D eigenvalue weighted by atomic mass is 9.74. The van der Waals surface area contributed by atoms with Gasteiger partial charge in [0.15, 0.2) is 0 Å². The first-order valence-electron chi connectivity index (χ1n) is 11.4. The van der Waals surface area contributed by atoms with E-state index in [2.05, 4.69) is 35.6 Å². The number of nitrogens with zero attached hydrogens (tertiary/aromatic N) is 1. The lowest BCUT2D eigenvalue weighted by Crippen LogP contribution is -2.45. The first kappa shape index (κ1) is 28.8. The van der Waals surface area contributed by atoms with Crippen molar-refractivity contribution in [3.8, 4) is 5.75 Å². The van der Waals surface area contributed by atoms with Crippen molar-refractivity contribution in [2.24, 2.45) is 5.92 Å². The minimum absolute atomic E-state index is 0. The second-order valence-electron chi connectivity index (χ2n) is 9.05. The van der Waals surface area contributed by atoms with Crippen molar-refractivity contribution >= 4 is 31.5 Å². The normalized spacial score (nSPS) is 19.7. The van der Waals surface area contributed by atoms with Crippen molar-refractivity contribution in [3.63, 3.8) is 0 Å². The number of likely N-dealkylation sites (N-methyl/N-ethyl adjacent to an activating group) is 1. The fraction of sp³-hybridized carbons (Fsp3) is 0.625. The SMILES string of the molecule is CCC1(c2cccc(OC(=O)NCCC(=O)NC(C(=O)O)C(C)C)c2)CCCCN(C)C1.S. The number of carboxylic acid groups (broad SMARTS) is 1. The summed E-state index contributed by atoms with van der Waals surface area (Å²) in [4.78, 5) is 37.7. The Hall–Kier alpha value is -2.26. The van der Waals surface area contributed by atoms with Crippen LogP contribution in [0.2, 0.25) is 0 Å². The third-order valence-electron chi connectivity index (χ3n) is 6.22. The zero-order valence-electron chi connectivity index (χ0n) is 20.1. The number of ether oxygens (including phenoxy) is 1. The smallest absolute Gasteiger partial charge is 0.412 e. The maximum atomic E-state index is 12.2. The minimum atomic E-state index is -1.08. The summed E-state index contributed by atoms with van der Waals surface area (Å²) in [5.41, 5.74) is 1.21. The molecule has 8 nitrogen and oxygen atoms in total. The van der Waals surface area contributed by atoms with E-state index in [1.54, 1.807) is 19.9 Å². The summed E-state index contributed by atoms with van der Waals surface area (Å²) in [5.74, 6) is -1.28. The van der Waals surface area contributed by atoms with Crippen LogP contribution in [0.3, 0.4) is 0 Å². The standard InChI is InChI=1S/C24H37N3O5.H2S/c1-5-24(12-6-7-14-27(4)16-24)18-9-8-10-19(15-18)32-23(31)25-13-11-20(28)26-21(17(2)3)22(29)30;/h8-10,15,17,21H,5-7,11-14,16H2,1-4H3,(H,25,31)(H,26,28)(H,29,30);1H2. The Morgan fingerprint density at radius 1 is 1.24 bits per heavy atom. The topological polar surface area (TPSA) is 108 Å². The van der Waals surface area contributed by atoms with E-state index in [4.69, 9.17) is 9.84 Å². The Balaban J connectivity index is 0.00000544. The van der Waals surface area contributed by atoms with Crippen LogP contribution in [0.1, 0.15) is 58.4 Å². The average Bonchev–Trinajstić information content (AvgIpc) is 2.93. The van der Waals surface area contributed by atoms with Crippen LogP contribution >= 0.6 is 13.5 Å². The number of aliphatic carboxylic acids is 1. The summed E-state index contributed by atoms with van der Waals surface area (Å²) in [7, 11) is 2.15. The molecule has 1 aliphatic heterocycles. The van der Waals surface area contributed by atoms with E-state index in [1.807, 2.05) is 12.1 Å². The molecule has 2 unspecified atom stereocenters. The Morgan fingerprint density at radius 3 is 2.61 bits per heavy atom. The summed E-state index contributed by atoms with van der Waals surface area (Å²) in [5, 5.41) is 14.2. The van der Waals surface area contributed by atoms with Crippen molar-refractivity contribution < 1.29 is 24.2 Å². The van der Waals surface area contributed by atoms with Gasteiger partial charge < -0.3 is 25.4 Å². The first-order chi connectivity index (χ1) is 15.2. The van der Waals surface area contributed by atoms with Crippen LogP contribution < -0.4 is 15.4 Å². The highest BCUT2D eigenvalue weighted by atomic mass is 32.1. The lowest BCUT2D eigenvalue weighted by Gasteiger charge is -2.35. The van der Waals surface area contributed by atoms with Gasteiger partial charge in [0, 0.05) is 24.9 Å². The van der Waals surface area contributed by atoms with Crippen molar-refractivity contribution in [1.82, 2.24) is 15.5 Å². The molecule has 9 heteroatoms. The summed E-state index contributed by atoms with van der Waals surface area (Å²) in [6, 6.07) is 6.75. The number of carbonyl (C=O) groups excluding carboxylic acids is 2. The lowest BCUT2D eigenvalue weighted by molar-refractivity contribution is -0.143. The predicted molar refractivity (Wildman–Crippen MR) is 133 cm³/mol. The van der Waals surface area contributed by atoms with E-state index in [1.165, 1.54) is 18.4 Å². The van der Waals surface area contributed by atoms with Crippen LogP contribution in [0.15, 0.2) is 24.3 Å². The van der Waals surface area contributed by atoms with Crippen molar-refractivity contribution in [2.75, 3.05) is 26.7 Å². The number of hydrogen-bond donors (Lipinski definition) is 3. The molecule has 0 aliphatic carbocycles. The summed E-state index contributed by atoms with van der Waals surface area (Å²) in [6.07, 6.45) is 3.80. The van der Waals surface area contributed by atoms with Gasteiger partial charge in [-0.25, -0.2) is 9.59 Å². The molecule has 2 atom stereocenters. The molecule has 0 spiro atoms. The zero-order valence-corrected chi connectivity index (χ0v) is 21.1. The van der Waals surface area contributed by atoms with Gasteiger partial charge in [-0.2, -0.15) is 13.5 Å². The molecule has 1 fully saturated rings. The highest BCUT2D eigenvalue weighted by Crippen LogP contribution is 2.37. The van der Waals surface area contributed by atoms with Gasteiger partial charge in [-0.3, -0.25) is 4.79 Å². The molecular weight excluding hydrogens is 442 g/mol. The number of amides is 2. The Kier molecular flexibility index (Phi) is 11.7. The van der Waals surface area contributed by atoms with Gasteiger partial charge in [-0.05, 0) is 56.5 Å². The van der Waals surface area contributed by atoms with Gasteiger partial charge in [0.25, 0.3) is 0 Å². The number of likely N-dealkylation sites (tertiary alicyclic amines) is 1. The van der Waals surface area contributed by atoms with E-state index in [0.717, 1.165) is 25.9 Å². The summed E-state index contributed by atoms with van der Waals surface area (Å²) < 4.78 is 5.44. The number of carbonyl (C=O) groups is 3. The molecule has 2 amide bonds. The van der Waals surface area contributed by atoms with Gasteiger partial charge in [0.2, 0.25) is 5.91 Å². The molecule has 1 aromatic carbocycles. The fourth-order valence-electron chi connectivity index (χ4n) is 4.32. The van der Waals surface area contributed by atoms with Gasteiger partial charge in [-0.1, -0.05) is 39.3 Å². The monoisotopic (exact) mass is 481 g/mol. The van der Waals surface area contributed by atoms with E-state index in [0.29, 0.717) is 5.75 Å². The molecule has 1 aliphatic rings. The van der Waals surface area contributed by atoms with E-state index < -0.39 is 24.0 Å². The van der Waals surface area contributed by atoms with E-state index in [9.17, 15) is 14.4 Å². The first-order valence-corrected chi connectivity index (χ1v) is 11.4. The minimum Gasteiger partial charge on any atom is -0.480 e. The number of carboxylic acids is 1. The molecule has 0 bridgehead atoms. The molecule has 1 aromatic rings. The maximum Gasteiger partial charge on any atom is 0.412 e. The molecule has 2 rings (SSSR count). The third kappa shape index (κ3) is 8.55. The average molecular weight is 482 g/mol. The van der Waals surface area contributed by atoms with Crippen LogP contribution in [0.5, 0.6) is 5.75 Å². The Bertz CT molecular complexity index is 804. The second-order valence-corrected chi connectivity index (χ2v) is 9.05. The molecule has 3 N–H and O–H groups in total. The quantitative estimate of drug-likeness (QED) is 0.500.